The van der Waals surface area contributed by atoms with E-state index in [0.717, 1.165) is 137 Å². The topological polar surface area (TPSA) is 106 Å². The molecular weight excluding hydrogens is 721 g/mol. The lowest BCUT2D eigenvalue weighted by Crippen LogP contribution is -2.46. The van der Waals surface area contributed by atoms with Crippen molar-refractivity contribution in [3.8, 4) is 6.07 Å². The summed E-state index contributed by atoms with van der Waals surface area (Å²) in [7, 11) is 0. The number of hydrogen-bond acceptors (Lipinski definition) is 6. The van der Waals surface area contributed by atoms with Gasteiger partial charge in [-0.05, 0) is 129 Å². The number of aromatic carboxylic acids is 1. The van der Waals surface area contributed by atoms with Crippen molar-refractivity contribution >= 4 is 39.1 Å². The molecule has 6 aromatic rings. The van der Waals surface area contributed by atoms with Gasteiger partial charge in [0.25, 0.3) is 0 Å². The largest absolute Gasteiger partial charge is 0.478 e. The normalized spacial score (nSPS) is 15.1. The summed E-state index contributed by atoms with van der Waals surface area (Å²) in [6.07, 6.45) is 10.4. The Labute approximate surface area is 333 Å². The van der Waals surface area contributed by atoms with Crippen LogP contribution in [0, 0.1) is 23.0 Å². The summed E-state index contributed by atoms with van der Waals surface area (Å²) >= 11 is 0. The van der Waals surface area contributed by atoms with E-state index in [1.807, 2.05) is 48.7 Å². The minimum Gasteiger partial charge on any atom is -0.478 e. The van der Waals surface area contributed by atoms with E-state index in [4.69, 9.17) is 5.26 Å². The number of piperazine rings is 2. The van der Waals surface area contributed by atoms with E-state index in [1.165, 1.54) is 23.3 Å². The molecule has 0 spiro atoms. The second-order valence-electron chi connectivity index (χ2n) is 15.1. The number of hydrogen-bond donors (Lipinski definition) is 3. The first-order chi connectivity index (χ1) is 27.8. The maximum absolute atomic E-state index is 13.9. The molecule has 0 radical (unpaired) electrons. The van der Waals surface area contributed by atoms with Gasteiger partial charge in [0, 0.05) is 92.2 Å². The zero-order valence-corrected chi connectivity index (χ0v) is 32.4. The number of unbranched alkanes of at least 4 members (excludes halogenated alkanes) is 2. The van der Waals surface area contributed by atoms with Gasteiger partial charge in [0.15, 0.2) is 0 Å². The number of anilines is 2. The van der Waals surface area contributed by atoms with Crippen LogP contribution in [0.15, 0.2) is 97.3 Å². The second-order valence-corrected chi connectivity index (χ2v) is 15.1. The maximum atomic E-state index is 13.9. The van der Waals surface area contributed by atoms with Crippen LogP contribution in [0.3, 0.4) is 0 Å². The van der Waals surface area contributed by atoms with Crippen LogP contribution in [0.4, 0.5) is 20.2 Å². The lowest BCUT2D eigenvalue weighted by Gasteiger charge is -2.36. The van der Waals surface area contributed by atoms with E-state index in [9.17, 15) is 18.7 Å². The Morgan fingerprint density at radius 1 is 0.667 bits per heavy atom. The molecule has 2 aromatic heterocycles. The molecule has 0 amide bonds. The van der Waals surface area contributed by atoms with E-state index < -0.39 is 5.97 Å². The average molecular weight is 772 g/mol. The number of nitrogens with zero attached hydrogens (tertiary/aromatic N) is 5. The monoisotopic (exact) mass is 771 g/mol. The molecule has 296 valence electrons. The first-order valence-electron chi connectivity index (χ1n) is 20.1. The molecule has 0 unspecified atom stereocenters. The van der Waals surface area contributed by atoms with Gasteiger partial charge in [-0.1, -0.05) is 18.2 Å². The van der Waals surface area contributed by atoms with Crippen molar-refractivity contribution in [3.05, 3.63) is 131 Å². The van der Waals surface area contributed by atoms with Crippen molar-refractivity contribution in [2.45, 2.75) is 38.5 Å². The fourth-order valence-electron chi connectivity index (χ4n) is 8.10. The number of halogens is 2. The van der Waals surface area contributed by atoms with Crippen LogP contribution in [0.2, 0.25) is 0 Å². The van der Waals surface area contributed by atoms with Crippen LogP contribution in [0.25, 0.3) is 21.8 Å². The first kappa shape index (κ1) is 39.5. The summed E-state index contributed by atoms with van der Waals surface area (Å²) in [5.41, 5.74) is 7.27. The van der Waals surface area contributed by atoms with Gasteiger partial charge < -0.3 is 24.9 Å². The second kappa shape index (κ2) is 19.0. The van der Waals surface area contributed by atoms with E-state index in [1.54, 1.807) is 30.3 Å². The fourth-order valence-corrected chi connectivity index (χ4v) is 8.10. The van der Waals surface area contributed by atoms with Gasteiger partial charge in [0.05, 0.1) is 22.9 Å². The number of aromatic nitrogens is 2. The van der Waals surface area contributed by atoms with Crippen LogP contribution >= 0.6 is 0 Å². The Morgan fingerprint density at radius 3 is 1.86 bits per heavy atom. The average Bonchev–Trinajstić information content (AvgIpc) is 3.85. The number of aromatic amines is 2. The van der Waals surface area contributed by atoms with Crippen molar-refractivity contribution in [2.24, 2.45) is 0 Å². The Kier molecular flexibility index (Phi) is 13.1. The Balaban J connectivity index is 0.000000174. The Bertz CT molecular complexity index is 2300. The molecule has 0 aliphatic carbocycles. The molecular formula is C46H51F2N7O2. The van der Waals surface area contributed by atoms with Gasteiger partial charge >= 0.3 is 5.97 Å². The van der Waals surface area contributed by atoms with Crippen molar-refractivity contribution < 1.29 is 18.7 Å². The Hall–Kier alpha value is -5.70. The molecule has 0 saturated carbocycles. The van der Waals surface area contributed by atoms with Crippen LogP contribution in [-0.4, -0.2) is 96.3 Å². The van der Waals surface area contributed by atoms with Gasteiger partial charge in [-0.15, -0.1) is 0 Å². The number of aryl methyl sites for hydroxylation is 2. The molecule has 4 aromatic carbocycles. The summed E-state index contributed by atoms with van der Waals surface area (Å²) in [6.45, 7) is 9.67. The minimum atomic E-state index is -0.892. The number of H-pyrrole nitrogens is 2. The van der Waals surface area contributed by atoms with Crippen molar-refractivity contribution in [3.63, 3.8) is 0 Å². The predicted molar refractivity (Wildman–Crippen MR) is 224 cm³/mol. The molecule has 2 aliphatic rings. The molecule has 11 heteroatoms. The number of carboxylic acids is 1. The number of carbonyl (C=O) groups is 1. The number of nitrogens with one attached hydrogen (secondary N) is 2. The minimum absolute atomic E-state index is 0.130. The highest BCUT2D eigenvalue weighted by Crippen LogP contribution is 2.24. The lowest BCUT2D eigenvalue weighted by molar-refractivity contribution is 0.0697. The molecule has 0 bridgehead atoms. The predicted octanol–water partition coefficient (Wildman–Crippen LogP) is 8.47. The number of fused-ring (bicyclic) bond motifs is 2. The fraction of sp³-hybridized carbons (Fsp3) is 0.348. The van der Waals surface area contributed by atoms with E-state index in [2.05, 4.69) is 41.8 Å². The summed E-state index contributed by atoms with van der Waals surface area (Å²) < 4.78 is 27.3. The van der Waals surface area contributed by atoms with Crippen LogP contribution in [-0.2, 0) is 12.8 Å². The third kappa shape index (κ3) is 10.2. The smallest absolute Gasteiger partial charge is 0.335 e. The standard InChI is InChI=1S/C23H25FN4.C23H26FN3O2/c24-21-6-1-2-7-23(21)28-13-11-27(12-14-28)10-4-3-5-19-17-26-22-9-8-18(16-25)15-20(19)22;24-19-5-3-6-20(15-19)27-12-10-26(11-13-27)9-2-1-4-18-16-25-22-8-7-17(23(28)29)14-21(18)22/h1-2,6-9,15,17,26H,3-5,10-14H2;3,5-8,14-16,25H,1-2,4,9-13H2,(H,28,29). The van der Waals surface area contributed by atoms with E-state index in [-0.39, 0.29) is 11.6 Å². The highest BCUT2D eigenvalue weighted by molar-refractivity contribution is 5.94. The van der Waals surface area contributed by atoms with Gasteiger partial charge in [-0.3, -0.25) is 9.80 Å². The summed E-state index contributed by atoms with van der Waals surface area (Å²) in [4.78, 5) is 27.1. The molecule has 2 aliphatic heterocycles. The Morgan fingerprint density at radius 2 is 1.26 bits per heavy atom. The summed E-state index contributed by atoms with van der Waals surface area (Å²) in [5.74, 6) is -1.21. The molecule has 0 atom stereocenters. The number of rotatable bonds is 13. The molecule has 2 fully saturated rings. The van der Waals surface area contributed by atoms with Gasteiger partial charge in [-0.25, -0.2) is 13.6 Å². The number of carboxylic acid groups (broad SMARTS) is 1. The van der Waals surface area contributed by atoms with Crippen molar-refractivity contribution in [1.82, 2.24) is 19.8 Å². The van der Waals surface area contributed by atoms with Crippen LogP contribution in [0.5, 0.6) is 0 Å². The quantitative estimate of drug-likeness (QED) is 0.101. The molecule has 9 nitrogen and oxygen atoms in total. The van der Waals surface area contributed by atoms with Crippen LogP contribution in [0.1, 0.15) is 52.7 Å². The van der Waals surface area contributed by atoms with Gasteiger partial charge in [0.1, 0.15) is 11.6 Å². The van der Waals surface area contributed by atoms with Crippen molar-refractivity contribution in [1.29, 1.82) is 5.26 Å². The maximum Gasteiger partial charge on any atom is 0.335 e. The zero-order valence-electron chi connectivity index (χ0n) is 32.4. The molecule has 57 heavy (non-hydrogen) atoms. The van der Waals surface area contributed by atoms with E-state index in [0.29, 0.717) is 11.1 Å². The zero-order chi connectivity index (χ0) is 39.6. The number of benzene rings is 4. The first-order valence-corrected chi connectivity index (χ1v) is 20.1. The highest BCUT2D eigenvalue weighted by atomic mass is 19.1. The van der Waals surface area contributed by atoms with Crippen LogP contribution < -0.4 is 9.80 Å². The summed E-state index contributed by atoms with van der Waals surface area (Å²) in [5, 5.41) is 20.5. The molecule has 8 rings (SSSR count). The third-order valence-corrected chi connectivity index (χ3v) is 11.4. The molecule has 2 saturated heterocycles. The number of para-hydroxylation sites is 1. The molecule has 3 N–H and O–H groups in total. The lowest BCUT2D eigenvalue weighted by atomic mass is 10.0. The summed E-state index contributed by atoms with van der Waals surface area (Å²) in [6, 6.07) is 27.1. The molecule has 4 heterocycles. The third-order valence-electron chi connectivity index (χ3n) is 11.4. The highest BCUT2D eigenvalue weighted by Gasteiger charge is 2.20. The SMILES string of the molecule is N#Cc1ccc2[nH]cc(CCCCN3CCN(c4ccccc4F)CC3)c2c1.O=C(O)c1ccc2[nH]cc(CCCCN3CCN(c4cccc(F)c4)CC3)c2c1. The van der Waals surface area contributed by atoms with Gasteiger partial charge in [0.2, 0.25) is 0 Å². The van der Waals surface area contributed by atoms with Crippen molar-refractivity contribution in [2.75, 3.05) is 75.2 Å². The number of nitriles is 1. The van der Waals surface area contributed by atoms with E-state index >= 15 is 0 Å². The van der Waals surface area contributed by atoms with Gasteiger partial charge in [-0.2, -0.15) is 5.26 Å².